The van der Waals surface area contributed by atoms with E-state index in [4.69, 9.17) is 4.98 Å². The van der Waals surface area contributed by atoms with E-state index in [9.17, 15) is 4.39 Å². The number of hydrogen-bond donors (Lipinski definition) is 2. The van der Waals surface area contributed by atoms with Crippen molar-refractivity contribution >= 4 is 16.6 Å². The highest BCUT2D eigenvalue weighted by Gasteiger charge is 2.63. The van der Waals surface area contributed by atoms with Gasteiger partial charge in [-0.2, -0.15) is 0 Å². The van der Waals surface area contributed by atoms with Crippen LogP contribution in [0.1, 0.15) is 55.6 Å². The number of aromatic amines is 1. The largest absolute Gasteiger partial charge is 0.367 e. The third-order valence-corrected chi connectivity index (χ3v) is 8.97. The van der Waals surface area contributed by atoms with Crippen molar-refractivity contribution in [1.29, 1.82) is 0 Å². The second kappa shape index (κ2) is 7.79. The number of rotatable bonds is 7. The summed E-state index contributed by atoms with van der Waals surface area (Å²) in [5, 5.41) is 4.81. The summed E-state index contributed by atoms with van der Waals surface area (Å²) in [5.74, 6) is 0.949. The molecule has 4 heterocycles. The van der Waals surface area contributed by atoms with Crippen LogP contribution in [0.25, 0.3) is 10.9 Å². The number of anilines is 1. The Morgan fingerprint density at radius 1 is 1.15 bits per heavy atom. The highest BCUT2D eigenvalue weighted by Crippen LogP contribution is 2.64. The predicted octanol–water partition coefficient (Wildman–Crippen LogP) is 4.59. The quantitative estimate of drug-likeness (QED) is 0.508. The van der Waals surface area contributed by atoms with Crippen LogP contribution in [0.2, 0.25) is 0 Å². The zero-order chi connectivity index (χ0) is 22.9. The minimum Gasteiger partial charge on any atom is -0.367 e. The Labute approximate surface area is 200 Å². The number of halogens is 1. The molecule has 2 aromatic heterocycles. The molecule has 2 atom stereocenters. The van der Waals surface area contributed by atoms with Gasteiger partial charge in [0, 0.05) is 47.3 Å². The second-order valence-electron chi connectivity index (χ2n) is 11.2. The number of alkyl halides is 1. The van der Waals surface area contributed by atoms with Gasteiger partial charge in [-0.1, -0.05) is 18.2 Å². The highest BCUT2D eigenvalue weighted by atomic mass is 19.1. The monoisotopic (exact) mass is 459 g/mol. The Balaban J connectivity index is 1.19. The molecule has 1 aromatic carbocycles. The van der Waals surface area contributed by atoms with E-state index in [0.717, 1.165) is 37.7 Å². The van der Waals surface area contributed by atoms with E-state index in [0.29, 0.717) is 24.0 Å². The number of nitrogens with one attached hydrogen (secondary N) is 2. The average molecular weight is 460 g/mol. The van der Waals surface area contributed by atoms with Crippen LogP contribution >= 0.6 is 0 Å². The van der Waals surface area contributed by atoms with Crippen molar-refractivity contribution in [2.24, 2.45) is 5.92 Å². The molecule has 2 N–H and O–H groups in total. The van der Waals surface area contributed by atoms with Gasteiger partial charge in [0.05, 0.1) is 30.3 Å². The van der Waals surface area contributed by atoms with Crippen molar-refractivity contribution in [1.82, 2.24) is 20.2 Å². The fourth-order valence-corrected chi connectivity index (χ4v) is 7.18. The van der Waals surface area contributed by atoms with E-state index in [2.05, 4.69) is 69.6 Å². The summed E-state index contributed by atoms with van der Waals surface area (Å²) < 4.78 is 12.3. The molecule has 2 bridgehead atoms. The van der Waals surface area contributed by atoms with Crippen LogP contribution < -0.4 is 10.2 Å². The van der Waals surface area contributed by atoms with Crippen LogP contribution in [0, 0.1) is 5.92 Å². The van der Waals surface area contributed by atoms with Gasteiger partial charge in [0.15, 0.2) is 0 Å². The summed E-state index contributed by atoms with van der Waals surface area (Å²) in [7, 11) is 0. The first-order chi connectivity index (χ1) is 16.6. The van der Waals surface area contributed by atoms with Crippen LogP contribution in [0.3, 0.4) is 0 Å². The van der Waals surface area contributed by atoms with Crippen LogP contribution in [-0.2, 0) is 6.42 Å². The molecule has 3 aliphatic carbocycles. The smallest absolute Gasteiger partial charge is 0.0937 e. The molecule has 4 fully saturated rings. The number of aromatic nitrogens is 2. The molecule has 0 amide bonds. The summed E-state index contributed by atoms with van der Waals surface area (Å²) >= 11 is 0. The molecule has 5 aliphatic rings. The standard InChI is InChI=1S/C28H34FN5/c1-18-11-23-22-5-2-3-6-24(22)32-26(23)27(34(18)28-12-19(13-28)14-28)25-8-7-21(15-31-25)33-16-20(17-33)30-10-4-9-29/h2-3,5-8,15,18-20,27,30,32H,4,9-14,16-17H2,1H3/t18-,19?,27-,28?/m1/s1. The van der Waals surface area contributed by atoms with Gasteiger partial charge in [-0.15, -0.1) is 0 Å². The summed E-state index contributed by atoms with van der Waals surface area (Å²) in [6.45, 7) is 4.87. The van der Waals surface area contributed by atoms with Crippen LogP contribution in [0.5, 0.6) is 0 Å². The molecule has 0 radical (unpaired) electrons. The maximum absolute atomic E-state index is 12.3. The molecule has 8 rings (SSSR count). The Hall–Kier alpha value is -2.44. The number of hydrogen-bond acceptors (Lipinski definition) is 4. The van der Waals surface area contributed by atoms with Gasteiger partial charge in [-0.3, -0.25) is 14.3 Å². The molecule has 0 spiro atoms. The topological polar surface area (TPSA) is 47.2 Å². The maximum Gasteiger partial charge on any atom is 0.0937 e. The second-order valence-corrected chi connectivity index (χ2v) is 11.2. The van der Waals surface area contributed by atoms with Gasteiger partial charge in [0.1, 0.15) is 0 Å². The lowest BCUT2D eigenvalue weighted by atomic mass is 9.48. The fourth-order valence-electron chi connectivity index (χ4n) is 7.18. The molecule has 178 valence electrons. The minimum atomic E-state index is -0.244. The Morgan fingerprint density at radius 3 is 2.68 bits per heavy atom. The zero-order valence-electron chi connectivity index (χ0n) is 19.9. The third-order valence-electron chi connectivity index (χ3n) is 8.97. The van der Waals surface area contributed by atoms with Crippen molar-refractivity contribution in [3.05, 3.63) is 59.5 Å². The zero-order valence-corrected chi connectivity index (χ0v) is 19.9. The van der Waals surface area contributed by atoms with Crippen LogP contribution in [-0.4, -0.2) is 58.8 Å². The number of benzene rings is 1. The van der Waals surface area contributed by atoms with Gasteiger partial charge in [0.2, 0.25) is 0 Å². The number of fused-ring (bicyclic) bond motifs is 3. The van der Waals surface area contributed by atoms with Gasteiger partial charge < -0.3 is 15.2 Å². The van der Waals surface area contributed by atoms with E-state index >= 15 is 0 Å². The van der Waals surface area contributed by atoms with E-state index in [1.54, 1.807) is 0 Å². The molecule has 2 aliphatic heterocycles. The van der Waals surface area contributed by atoms with Crippen LogP contribution in [0.4, 0.5) is 10.1 Å². The van der Waals surface area contributed by atoms with E-state index in [1.165, 1.54) is 47.1 Å². The minimum absolute atomic E-state index is 0.188. The van der Waals surface area contributed by atoms with Gasteiger partial charge in [-0.05, 0) is 75.3 Å². The van der Waals surface area contributed by atoms with E-state index in [-0.39, 0.29) is 12.7 Å². The van der Waals surface area contributed by atoms with Crippen molar-refractivity contribution in [3.63, 3.8) is 0 Å². The number of H-pyrrole nitrogens is 1. The lowest BCUT2D eigenvalue weighted by molar-refractivity contribution is -0.174. The summed E-state index contributed by atoms with van der Waals surface area (Å²) in [6, 6.07) is 14.4. The number of nitrogens with zero attached hydrogens (tertiary/aromatic N) is 3. The van der Waals surface area contributed by atoms with Crippen molar-refractivity contribution in [2.75, 3.05) is 31.2 Å². The number of pyridine rings is 1. The Kier molecular flexibility index (Phi) is 4.78. The highest BCUT2D eigenvalue weighted by molar-refractivity contribution is 5.85. The molecular weight excluding hydrogens is 425 g/mol. The van der Waals surface area contributed by atoms with Crippen molar-refractivity contribution < 1.29 is 4.39 Å². The Morgan fingerprint density at radius 2 is 1.97 bits per heavy atom. The first-order valence-corrected chi connectivity index (χ1v) is 13.0. The molecule has 6 heteroatoms. The van der Waals surface area contributed by atoms with Crippen molar-refractivity contribution in [2.45, 2.75) is 62.7 Å². The maximum atomic E-state index is 12.3. The summed E-state index contributed by atoms with van der Waals surface area (Å²) in [5.41, 5.74) is 6.79. The fraction of sp³-hybridized carbons (Fsp3) is 0.536. The van der Waals surface area contributed by atoms with Gasteiger partial charge in [-0.25, -0.2) is 0 Å². The van der Waals surface area contributed by atoms with Crippen molar-refractivity contribution in [3.8, 4) is 0 Å². The molecule has 5 nitrogen and oxygen atoms in total. The molecule has 3 aromatic rings. The van der Waals surface area contributed by atoms with Gasteiger partial charge >= 0.3 is 0 Å². The molecule has 1 saturated heterocycles. The first-order valence-electron chi connectivity index (χ1n) is 13.0. The SMILES string of the molecule is C[C@@H]1Cc2c([nH]c3ccccc23)[C@@H](c2ccc(N3CC(NCCCF)C3)cn2)N1C12CC(C1)C2. The number of para-hydroxylation sites is 1. The lowest BCUT2D eigenvalue weighted by Gasteiger charge is -2.69. The molecule has 0 unspecified atom stereocenters. The van der Waals surface area contributed by atoms with E-state index < -0.39 is 0 Å². The molecule has 3 saturated carbocycles. The lowest BCUT2D eigenvalue weighted by Crippen LogP contribution is -2.71. The molecule has 34 heavy (non-hydrogen) atoms. The first kappa shape index (κ1) is 20.9. The predicted molar refractivity (Wildman–Crippen MR) is 134 cm³/mol. The Bertz CT molecular complexity index is 1180. The van der Waals surface area contributed by atoms with Gasteiger partial charge in [0.25, 0.3) is 0 Å². The summed E-state index contributed by atoms with van der Waals surface area (Å²) in [4.78, 5) is 14.1. The average Bonchev–Trinajstić information content (AvgIpc) is 3.12. The van der Waals surface area contributed by atoms with Crippen LogP contribution in [0.15, 0.2) is 42.6 Å². The van der Waals surface area contributed by atoms with E-state index in [1.807, 2.05) is 0 Å². The third kappa shape index (κ3) is 3.07. The normalized spacial score (nSPS) is 30.5. The molecular formula is C28H34FN5. The summed E-state index contributed by atoms with van der Waals surface area (Å²) in [6.07, 6.45) is 7.82.